The molecule has 0 fully saturated rings. The van der Waals surface area contributed by atoms with Gasteiger partial charge in [0.25, 0.3) is 0 Å². The van der Waals surface area contributed by atoms with Crippen molar-refractivity contribution >= 4 is 11.0 Å². The Kier molecular flexibility index (Phi) is 3.89. The molecule has 0 aliphatic heterocycles. The molecule has 5 rings (SSSR count). The van der Waals surface area contributed by atoms with Crippen LogP contribution < -0.4 is 0 Å². The number of fused-ring (bicyclic) bond motifs is 1. The zero-order valence-electron chi connectivity index (χ0n) is 15.2. The van der Waals surface area contributed by atoms with Gasteiger partial charge in [0.05, 0.1) is 6.20 Å². The highest BCUT2D eigenvalue weighted by molar-refractivity contribution is 5.94. The van der Waals surface area contributed by atoms with Crippen molar-refractivity contribution in [2.24, 2.45) is 13.0 Å². The van der Waals surface area contributed by atoms with Gasteiger partial charge in [-0.05, 0) is 18.6 Å². The summed E-state index contributed by atoms with van der Waals surface area (Å²) >= 11 is 0. The number of aromatic amines is 2. The maximum Gasteiger partial charge on any atom is 0.183 e. The number of pyridine rings is 1. The van der Waals surface area contributed by atoms with Gasteiger partial charge in [-0.15, -0.1) is 0 Å². The molecule has 0 amide bonds. The lowest BCUT2D eigenvalue weighted by Crippen LogP contribution is -2.07. The Hall–Kier alpha value is -3.55. The Bertz CT molecular complexity index is 1210. The number of aryl methyl sites for hydroxylation is 1. The fraction of sp³-hybridized carbons (Fsp3) is 0.200. The van der Waals surface area contributed by atoms with E-state index in [1.165, 1.54) is 6.08 Å². The maximum absolute atomic E-state index is 14.0. The van der Waals surface area contributed by atoms with Crippen LogP contribution in [0.4, 0.5) is 4.39 Å². The minimum absolute atomic E-state index is 0.113. The molecule has 0 spiro atoms. The third-order valence-corrected chi connectivity index (χ3v) is 4.98. The first-order valence-corrected chi connectivity index (χ1v) is 9.07. The van der Waals surface area contributed by atoms with Crippen molar-refractivity contribution in [1.29, 1.82) is 0 Å². The maximum atomic E-state index is 14.0. The van der Waals surface area contributed by atoms with Crippen molar-refractivity contribution < 1.29 is 4.39 Å². The van der Waals surface area contributed by atoms with Crippen molar-refractivity contribution in [3.05, 3.63) is 60.7 Å². The summed E-state index contributed by atoms with van der Waals surface area (Å²) in [5.41, 5.74) is 3.58. The minimum Gasteiger partial charge on any atom is -0.345 e. The van der Waals surface area contributed by atoms with Gasteiger partial charge in [0.15, 0.2) is 5.82 Å². The summed E-state index contributed by atoms with van der Waals surface area (Å²) in [5, 5.41) is 12.4. The SMILES string of the molecule is Cn1cc(-c2cnc3[nH]cc(-c4n[nH]c(CC5CC=CC=C5F)n4)c3c2)cn1. The summed E-state index contributed by atoms with van der Waals surface area (Å²) in [6.07, 6.45) is 13.8. The first-order valence-electron chi connectivity index (χ1n) is 9.07. The minimum atomic E-state index is -0.187. The lowest BCUT2D eigenvalue weighted by Gasteiger charge is -2.13. The largest absolute Gasteiger partial charge is 0.345 e. The highest BCUT2D eigenvalue weighted by Gasteiger charge is 2.19. The second kappa shape index (κ2) is 6.56. The van der Waals surface area contributed by atoms with Gasteiger partial charge in [-0.2, -0.15) is 10.2 Å². The Balaban J connectivity index is 1.47. The van der Waals surface area contributed by atoms with E-state index in [0.717, 1.165) is 27.7 Å². The van der Waals surface area contributed by atoms with E-state index < -0.39 is 0 Å². The zero-order chi connectivity index (χ0) is 19.1. The van der Waals surface area contributed by atoms with Crippen LogP contribution in [0, 0.1) is 5.92 Å². The Morgan fingerprint density at radius 2 is 2.21 bits per heavy atom. The Morgan fingerprint density at radius 3 is 3.04 bits per heavy atom. The summed E-state index contributed by atoms with van der Waals surface area (Å²) < 4.78 is 15.7. The zero-order valence-corrected chi connectivity index (χ0v) is 15.2. The third kappa shape index (κ3) is 2.92. The molecule has 28 heavy (non-hydrogen) atoms. The van der Waals surface area contributed by atoms with Gasteiger partial charge >= 0.3 is 0 Å². The first-order chi connectivity index (χ1) is 13.7. The van der Waals surface area contributed by atoms with E-state index in [-0.39, 0.29) is 11.7 Å². The van der Waals surface area contributed by atoms with Crippen LogP contribution in [-0.4, -0.2) is 34.9 Å². The molecule has 140 valence electrons. The molecule has 1 aliphatic carbocycles. The molecule has 0 radical (unpaired) electrons. The molecule has 0 saturated carbocycles. The molecule has 0 saturated heterocycles. The Morgan fingerprint density at radius 1 is 1.29 bits per heavy atom. The Labute approximate surface area is 160 Å². The molecule has 4 aromatic rings. The highest BCUT2D eigenvalue weighted by atomic mass is 19.1. The molecule has 8 heteroatoms. The average molecular weight is 375 g/mol. The number of aromatic nitrogens is 7. The van der Waals surface area contributed by atoms with Crippen molar-refractivity contribution in [2.75, 3.05) is 0 Å². The van der Waals surface area contributed by atoms with Crippen LogP contribution in [0.1, 0.15) is 12.2 Å². The van der Waals surface area contributed by atoms with Crippen LogP contribution in [-0.2, 0) is 13.5 Å². The first kappa shape index (κ1) is 16.6. The van der Waals surface area contributed by atoms with E-state index >= 15 is 0 Å². The standard InChI is InChI=1S/C20H18FN7/c1-28-11-14(9-24-28)13-6-15-16(10-23-19(15)22-8-13)20-25-18(26-27-20)7-12-4-2-3-5-17(12)21/h2-3,5-6,8-12H,4,7H2,1H3,(H,22,23)(H,25,26,27). The van der Waals surface area contributed by atoms with Crippen molar-refractivity contribution in [3.8, 4) is 22.5 Å². The van der Waals surface area contributed by atoms with Gasteiger partial charge in [0, 0.05) is 60.1 Å². The van der Waals surface area contributed by atoms with Gasteiger partial charge in [0.2, 0.25) is 0 Å². The third-order valence-electron chi connectivity index (χ3n) is 4.98. The number of hydrogen-bond acceptors (Lipinski definition) is 4. The topological polar surface area (TPSA) is 88.1 Å². The van der Waals surface area contributed by atoms with Crippen molar-refractivity contribution in [2.45, 2.75) is 12.8 Å². The lowest BCUT2D eigenvalue weighted by molar-refractivity contribution is 0.453. The molecule has 7 nitrogen and oxygen atoms in total. The van der Waals surface area contributed by atoms with Gasteiger partial charge in [0.1, 0.15) is 17.3 Å². The van der Waals surface area contributed by atoms with E-state index in [4.69, 9.17) is 0 Å². The second-order valence-electron chi connectivity index (χ2n) is 6.95. The fourth-order valence-electron chi connectivity index (χ4n) is 3.49. The van der Waals surface area contributed by atoms with Crippen LogP contribution in [0.5, 0.6) is 0 Å². The molecular weight excluding hydrogens is 357 g/mol. The summed E-state index contributed by atoms with van der Waals surface area (Å²) in [6.45, 7) is 0. The lowest BCUT2D eigenvalue weighted by atomic mass is 9.96. The van der Waals surface area contributed by atoms with E-state index in [9.17, 15) is 4.39 Å². The second-order valence-corrected chi connectivity index (χ2v) is 6.95. The van der Waals surface area contributed by atoms with E-state index in [0.29, 0.717) is 24.5 Å². The smallest absolute Gasteiger partial charge is 0.183 e. The number of halogens is 1. The predicted octanol–water partition coefficient (Wildman–Crippen LogP) is 3.72. The molecule has 0 bridgehead atoms. The molecule has 1 atom stereocenters. The molecule has 2 N–H and O–H groups in total. The summed E-state index contributed by atoms with van der Waals surface area (Å²) in [7, 11) is 1.88. The normalized spacial score (nSPS) is 16.6. The number of nitrogens with one attached hydrogen (secondary N) is 2. The summed E-state index contributed by atoms with van der Waals surface area (Å²) in [4.78, 5) is 12.3. The van der Waals surface area contributed by atoms with Gasteiger partial charge in [-0.25, -0.2) is 14.4 Å². The van der Waals surface area contributed by atoms with Crippen LogP contribution >= 0.6 is 0 Å². The number of nitrogens with zero attached hydrogens (tertiary/aromatic N) is 5. The van der Waals surface area contributed by atoms with E-state index in [2.05, 4.69) is 36.3 Å². The van der Waals surface area contributed by atoms with Gasteiger partial charge in [-0.1, -0.05) is 12.2 Å². The quantitative estimate of drug-likeness (QED) is 0.569. The number of hydrogen-bond donors (Lipinski definition) is 2. The molecule has 0 aromatic carbocycles. The van der Waals surface area contributed by atoms with Crippen LogP contribution in [0.2, 0.25) is 0 Å². The molecule has 4 aromatic heterocycles. The molecular formula is C20H18FN7. The van der Waals surface area contributed by atoms with Crippen LogP contribution in [0.15, 0.2) is 54.9 Å². The summed E-state index contributed by atoms with van der Waals surface area (Å²) in [6, 6.07) is 2.05. The van der Waals surface area contributed by atoms with Crippen molar-refractivity contribution in [3.63, 3.8) is 0 Å². The molecule has 1 unspecified atom stereocenters. The predicted molar refractivity (Wildman–Crippen MR) is 104 cm³/mol. The van der Waals surface area contributed by atoms with Gasteiger partial charge < -0.3 is 4.98 Å². The van der Waals surface area contributed by atoms with Crippen molar-refractivity contribution in [1.82, 2.24) is 34.9 Å². The molecule has 4 heterocycles. The number of H-pyrrole nitrogens is 2. The average Bonchev–Trinajstić information content (AvgIpc) is 3.42. The highest BCUT2D eigenvalue weighted by Crippen LogP contribution is 2.30. The van der Waals surface area contributed by atoms with Gasteiger partial charge in [-0.3, -0.25) is 9.78 Å². The summed E-state index contributed by atoms with van der Waals surface area (Å²) in [5.74, 6) is 0.942. The monoisotopic (exact) mass is 375 g/mol. The number of rotatable bonds is 4. The van der Waals surface area contributed by atoms with E-state index in [1.807, 2.05) is 31.7 Å². The van der Waals surface area contributed by atoms with Crippen LogP contribution in [0.25, 0.3) is 33.5 Å². The van der Waals surface area contributed by atoms with E-state index in [1.54, 1.807) is 17.0 Å². The molecule has 1 aliphatic rings. The van der Waals surface area contributed by atoms with Crippen LogP contribution in [0.3, 0.4) is 0 Å². The number of allylic oxidation sites excluding steroid dienone is 4. The fourth-order valence-corrected chi connectivity index (χ4v) is 3.49.